The summed E-state index contributed by atoms with van der Waals surface area (Å²) in [4.78, 5) is 57.1. The third kappa shape index (κ3) is 4.65. The summed E-state index contributed by atoms with van der Waals surface area (Å²) in [7, 11) is 1.81. The van der Waals surface area contributed by atoms with Gasteiger partial charge in [-0.25, -0.2) is 9.78 Å². The molecule has 144 valence electrons. The van der Waals surface area contributed by atoms with Crippen LogP contribution in [-0.4, -0.2) is 51.4 Å². The number of carbonyl (C=O) groups excluding carboxylic acids is 4. The van der Waals surface area contributed by atoms with Crippen LogP contribution in [0.2, 0.25) is 0 Å². The minimum Gasteiger partial charge on any atom is -0.339 e. The van der Waals surface area contributed by atoms with Gasteiger partial charge >= 0.3 is 5.97 Å². The molecule has 1 aromatic rings. The van der Waals surface area contributed by atoms with E-state index in [1.54, 1.807) is 11.1 Å². The van der Waals surface area contributed by atoms with E-state index in [9.17, 15) is 19.2 Å². The number of likely N-dealkylation sites (tertiary alicyclic amines) is 1. The van der Waals surface area contributed by atoms with E-state index in [4.69, 9.17) is 4.84 Å². The Hall–Kier alpha value is -2.42. The highest BCUT2D eigenvalue weighted by Crippen LogP contribution is 2.31. The quantitative estimate of drug-likeness (QED) is 0.397. The number of imide groups is 1. The fourth-order valence-corrected chi connectivity index (χ4v) is 3.86. The number of hydrogen-bond acceptors (Lipinski definition) is 7. The molecule has 0 bridgehead atoms. The van der Waals surface area contributed by atoms with Gasteiger partial charge in [0.05, 0.1) is 11.1 Å². The standard InChI is InChI=1S/C18H21N3O5S/c1-20-13(5-7-15(20)22)12-4-6-14(19-11-12)27-10-2-3-18(25)26-21-16(23)8-9-17(21)24/h4,6,11,13H,2-3,5,7-10H2,1H3. The number of nitrogens with zero attached hydrogens (tertiary/aromatic N) is 3. The SMILES string of the molecule is CN1C(=O)CCC1c1ccc(SCCCC(=O)ON2C(=O)CCC2=O)nc1. The average Bonchev–Trinajstić information content (AvgIpc) is 3.16. The normalized spacial score (nSPS) is 19.9. The van der Waals surface area contributed by atoms with Crippen LogP contribution in [0.4, 0.5) is 0 Å². The third-order valence-corrected chi connectivity index (χ3v) is 5.64. The summed E-state index contributed by atoms with van der Waals surface area (Å²) < 4.78 is 0. The fourth-order valence-electron chi connectivity index (χ4n) is 3.07. The van der Waals surface area contributed by atoms with Crippen LogP contribution in [0.5, 0.6) is 0 Å². The first-order chi connectivity index (χ1) is 13.0. The highest BCUT2D eigenvalue weighted by Gasteiger charge is 2.32. The second-order valence-electron chi connectivity index (χ2n) is 6.49. The Labute approximate surface area is 161 Å². The number of hydroxylamine groups is 2. The van der Waals surface area contributed by atoms with Crippen molar-refractivity contribution in [2.24, 2.45) is 0 Å². The second-order valence-corrected chi connectivity index (χ2v) is 7.60. The zero-order chi connectivity index (χ0) is 19.4. The summed E-state index contributed by atoms with van der Waals surface area (Å²) in [5.74, 6) is -0.715. The van der Waals surface area contributed by atoms with E-state index in [1.807, 2.05) is 19.2 Å². The maximum Gasteiger partial charge on any atom is 0.333 e. The monoisotopic (exact) mass is 391 g/mol. The highest BCUT2D eigenvalue weighted by atomic mass is 32.2. The predicted octanol–water partition coefficient (Wildman–Crippen LogP) is 1.85. The van der Waals surface area contributed by atoms with E-state index in [0.717, 1.165) is 17.0 Å². The molecule has 8 nitrogen and oxygen atoms in total. The number of pyridine rings is 1. The number of rotatable bonds is 7. The maximum absolute atomic E-state index is 11.7. The minimum absolute atomic E-state index is 0.0917. The Bertz CT molecular complexity index is 736. The summed E-state index contributed by atoms with van der Waals surface area (Å²) >= 11 is 1.51. The number of hydrogen-bond donors (Lipinski definition) is 0. The van der Waals surface area contributed by atoms with Gasteiger partial charge in [0.25, 0.3) is 11.8 Å². The summed E-state index contributed by atoms with van der Waals surface area (Å²) in [6.07, 6.45) is 4.03. The van der Waals surface area contributed by atoms with Crippen LogP contribution >= 0.6 is 11.8 Å². The Morgan fingerprint density at radius 2 is 1.93 bits per heavy atom. The van der Waals surface area contributed by atoms with Crippen molar-refractivity contribution in [3.05, 3.63) is 23.9 Å². The first kappa shape index (κ1) is 19.3. The predicted molar refractivity (Wildman–Crippen MR) is 96.1 cm³/mol. The minimum atomic E-state index is -0.587. The first-order valence-corrected chi connectivity index (χ1v) is 9.85. The lowest BCUT2D eigenvalue weighted by Gasteiger charge is -2.19. The Kier molecular flexibility index (Phi) is 6.10. The molecule has 0 aromatic carbocycles. The van der Waals surface area contributed by atoms with Gasteiger partial charge in [-0.2, -0.15) is 0 Å². The molecule has 0 aliphatic carbocycles. The van der Waals surface area contributed by atoms with E-state index < -0.39 is 17.8 Å². The Balaban J connectivity index is 1.39. The number of thioether (sulfide) groups is 1. The lowest BCUT2D eigenvalue weighted by atomic mass is 10.1. The molecule has 0 saturated carbocycles. The summed E-state index contributed by atoms with van der Waals surface area (Å²) in [6, 6.07) is 3.99. The van der Waals surface area contributed by atoms with Crippen LogP contribution in [0.25, 0.3) is 0 Å². The molecule has 9 heteroatoms. The average molecular weight is 391 g/mol. The van der Waals surface area contributed by atoms with Crippen molar-refractivity contribution in [2.45, 2.75) is 49.6 Å². The van der Waals surface area contributed by atoms with Gasteiger partial charge in [-0.05, 0) is 24.5 Å². The van der Waals surface area contributed by atoms with Crippen LogP contribution in [-0.2, 0) is 24.0 Å². The van der Waals surface area contributed by atoms with Gasteiger partial charge in [-0.15, -0.1) is 16.8 Å². The zero-order valence-corrected chi connectivity index (χ0v) is 15.9. The molecule has 0 spiro atoms. The summed E-state index contributed by atoms with van der Waals surface area (Å²) in [5, 5.41) is 1.41. The van der Waals surface area contributed by atoms with Gasteiger partial charge < -0.3 is 9.74 Å². The van der Waals surface area contributed by atoms with Crippen LogP contribution in [0.15, 0.2) is 23.4 Å². The third-order valence-electron chi connectivity index (χ3n) is 4.61. The largest absolute Gasteiger partial charge is 0.339 e. The van der Waals surface area contributed by atoms with E-state index >= 15 is 0 Å². The van der Waals surface area contributed by atoms with Gasteiger partial charge in [0, 0.05) is 44.7 Å². The van der Waals surface area contributed by atoms with Gasteiger partial charge in [0.15, 0.2) is 0 Å². The van der Waals surface area contributed by atoms with Crippen molar-refractivity contribution < 1.29 is 24.0 Å². The van der Waals surface area contributed by atoms with Crippen LogP contribution in [0.3, 0.4) is 0 Å². The summed E-state index contributed by atoms with van der Waals surface area (Å²) in [6.45, 7) is 0. The van der Waals surface area contributed by atoms with E-state index in [1.165, 1.54) is 11.8 Å². The maximum atomic E-state index is 11.7. The molecule has 2 saturated heterocycles. The molecule has 3 heterocycles. The van der Waals surface area contributed by atoms with Crippen LogP contribution in [0, 0.1) is 0 Å². The molecule has 1 aromatic heterocycles. The number of aromatic nitrogens is 1. The molecule has 3 amide bonds. The topological polar surface area (TPSA) is 96.9 Å². The van der Waals surface area contributed by atoms with Gasteiger partial charge in [0.2, 0.25) is 5.91 Å². The molecule has 0 radical (unpaired) electrons. The smallest absolute Gasteiger partial charge is 0.333 e. The van der Waals surface area contributed by atoms with Crippen molar-refractivity contribution in [3.63, 3.8) is 0 Å². The van der Waals surface area contributed by atoms with Gasteiger partial charge in [-0.3, -0.25) is 14.4 Å². The molecule has 3 rings (SSSR count). The Morgan fingerprint density at radius 3 is 2.52 bits per heavy atom. The van der Waals surface area contributed by atoms with Gasteiger partial charge in [-0.1, -0.05) is 6.07 Å². The van der Waals surface area contributed by atoms with Crippen molar-refractivity contribution in [3.8, 4) is 0 Å². The van der Waals surface area contributed by atoms with E-state index in [0.29, 0.717) is 23.7 Å². The van der Waals surface area contributed by atoms with Crippen molar-refractivity contribution in [1.29, 1.82) is 0 Å². The molecule has 1 unspecified atom stereocenters. The first-order valence-electron chi connectivity index (χ1n) is 8.86. The van der Waals surface area contributed by atoms with Crippen LogP contribution < -0.4 is 0 Å². The molecule has 2 fully saturated rings. The zero-order valence-electron chi connectivity index (χ0n) is 15.1. The summed E-state index contributed by atoms with van der Waals surface area (Å²) in [5.41, 5.74) is 1.02. The van der Waals surface area contributed by atoms with E-state index in [-0.39, 0.29) is 31.2 Å². The lowest BCUT2D eigenvalue weighted by Crippen LogP contribution is -2.32. The Morgan fingerprint density at radius 1 is 1.19 bits per heavy atom. The molecule has 1 atom stereocenters. The fraction of sp³-hybridized carbons (Fsp3) is 0.500. The van der Waals surface area contributed by atoms with Crippen molar-refractivity contribution in [1.82, 2.24) is 14.9 Å². The number of carbonyl (C=O) groups is 4. The van der Waals surface area contributed by atoms with Crippen molar-refractivity contribution in [2.75, 3.05) is 12.8 Å². The number of amides is 3. The molecular weight excluding hydrogens is 370 g/mol. The molecule has 27 heavy (non-hydrogen) atoms. The lowest BCUT2D eigenvalue weighted by molar-refractivity contribution is -0.197. The molecule has 2 aliphatic rings. The van der Waals surface area contributed by atoms with Crippen molar-refractivity contribution >= 4 is 35.5 Å². The van der Waals surface area contributed by atoms with Gasteiger partial charge in [0.1, 0.15) is 0 Å². The molecule has 0 N–H and O–H groups in total. The molecule has 2 aliphatic heterocycles. The van der Waals surface area contributed by atoms with E-state index in [2.05, 4.69) is 4.98 Å². The van der Waals surface area contributed by atoms with Crippen LogP contribution in [0.1, 0.15) is 50.1 Å². The second kappa shape index (κ2) is 8.51. The molecular formula is C18H21N3O5S. The highest BCUT2D eigenvalue weighted by molar-refractivity contribution is 7.99.